The summed E-state index contributed by atoms with van der Waals surface area (Å²) in [5.41, 5.74) is 4.74. The molecule has 230 valence electrons. The lowest BCUT2D eigenvalue weighted by Gasteiger charge is -2.22. The molecule has 0 saturated carbocycles. The van der Waals surface area contributed by atoms with E-state index in [9.17, 15) is 9.59 Å². The second kappa shape index (κ2) is 12.3. The zero-order valence-corrected chi connectivity index (χ0v) is 26.0. The maximum atomic E-state index is 13.8. The molecule has 6 heterocycles. The second-order valence-electron chi connectivity index (χ2n) is 11.0. The summed E-state index contributed by atoms with van der Waals surface area (Å²) in [6.45, 7) is 1.90. The normalized spacial score (nSPS) is 16.6. The maximum absolute atomic E-state index is 13.8. The van der Waals surface area contributed by atoms with Gasteiger partial charge in [-0.2, -0.15) is 5.10 Å². The summed E-state index contributed by atoms with van der Waals surface area (Å²) >= 11 is 12.4. The van der Waals surface area contributed by atoms with Gasteiger partial charge in [-0.1, -0.05) is 41.8 Å². The largest absolute Gasteiger partial charge is 0.323 e. The van der Waals surface area contributed by atoms with Gasteiger partial charge in [-0.15, -0.1) is 5.10 Å². The molecule has 5 aromatic heterocycles. The number of fused-ring (bicyclic) bond motifs is 4. The predicted octanol–water partition coefficient (Wildman–Crippen LogP) is 5.79. The monoisotopic (exact) mass is 652 g/mol. The van der Waals surface area contributed by atoms with E-state index in [4.69, 9.17) is 33.3 Å². The van der Waals surface area contributed by atoms with Crippen LogP contribution in [-0.4, -0.2) is 50.2 Å². The van der Waals surface area contributed by atoms with Gasteiger partial charge in [0.25, 0.3) is 5.56 Å². The molecule has 0 spiro atoms. The number of benzene rings is 1. The van der Waals surface area contributed by atoms with Crippen molar-refractivity contribution in [3.63, 3.8) is 0 Å². The molecule has 1 aliphatic heterocycles. The Labute approximate surface area is 272 Å². The van der Waals surface area contributed by atoms with Crippen LogP contribution in [0.25, 0.3) is 33.9 Å². The number of nitrogens with one attached hydrogen (secondary N) is 1. The fourth-order valence-electron chi connectivity index (χ4n) is 5.59. The summed E-state index contributed by atoms with van der Waals surface area (Å²) in [6.07, 6.45) is 11.8. The Morgan fingerprint density at radius 2 is 1.76 bits per heavy atom. The number of carbonyl (C=O) groups is 1. The number of pyridine rings is 2. The van der Waals surface area contributed by atoms with Gasteiger partial charge in [-0.05, 0) is 55.3 Å². The first-order valence-corrected chi connectivity index (χ1v) is 15.3. The summed E-state index contributed by atoms with van der Waals surface area (Å²) in [7, 11) is 0. The van der Waals surface area contributed by atoms with Gasteiger partial charge in [0.05, 0.1) is 53.2 Å². The van der Waals surface area contributed by atoms with Crippen LogP contribution in [0.15, 0.2) is 90.6 Å². The molecule has 2 bridgehead atoms. The topological polar surface area (TPSA) is 138 Å². The number of amides is 1. The Morgan fingerprint density at radius 3 is 2.54 bits per heavy atom. The first kappa shape index (κ1) is 29.5. The van der Waals surface area contributed by atoms with E-state index in [1.165, 1.54) is 17.1 Å². The molecule has 0 aliphatic carbocycles. The van der Waals surface area contributed by atoms with Crippen LogP contribution in [0.4, 0.5) is 5.69 Å². The molecule has 2 atom stereocenters. The minimum Gasteiger partial charge on any atom is -0.323 e. The molecule has 0 saturated heterocycles. The third kappa shape index (κ3) is 5.80. The molecule has 1 aliphatic rings. The SMILES string of the molecule is C[C@@H]1CCC[C@H](n2cnc(-c3cc(Cl)ccc3-n3cc(Cl)nn3)cc2=O)c2cc(ccn2)-c2nn(-c3ccncc3)cc2NC1=O. The minimum absolute atomic E-state index is 0.101. The maximum Gasteiger partial charge on any atom is 0.254 e. The second-order valence-corrected chi connectivity index (χ2v) is 11.8. The van der Waals surface area contributed by atoms with Crippen molar-refractivity contribution in [1.29, 1.82) is 0 Å². The van der Waals surface area contributed by atoms with E-state index in [1.54, 1.807) is 58.4 Å². The van der Waals surface area contributed by atoms with Crippen molar-refractivity contribution in [2.75, 3.05) is 5.32 Å². The minimum atomic E-state index is -0.442. The van der Waals surface area contributed by atoms with Crippen molar-refractivity contribution in [2.45, 2.75) is 32.2 Å². The summed E-state index contributed by atoms with van der Waals surface area (Å²) in [6, 6.07) is 13.6. The lowest BCUT2D eigenvalue weighted by Crippen LogP contribution is -2.27. The Bertz CT molecular complexity index is 2130. The molecule has 0 fully saturated rings. The number of hydrogen-bond acceptors (Lipinski definition) is 8. The van der Waals surface area contributed by atoms with Crippen molar-refractivity contribution in [3.8, 4) is 33.9 Å². The van der Waals surface area contributed by atoms with E-state index in [1.807, 2.05) is 31.2 Å². The highest BCUT2D eigenvalue weighted by Gasteiger charge is 2.24. The number of carbonyl (C=O) groups excluding carboxylic acids is 1. The fourth-order valence-corrected chi connectivity index (χ4v) is 5.88. The number of rotatable bonds is 4. The fraction of sp³-hybridized carbons (Fsp3) is 0.188. The molecule has 1 aromatic carbocycles. The van der Waals surface area contributed by atoms with Crippen LogP contribution in [-0.2, 0) is 4.79 Å². The van der Waals surface area contributed by atoms with E-state index in [2.05, 4.69) is 25.6 Å². The number of hydrogen-bond donors (Lipinski definition) is 1. The third-order valence-electron chi connectivity index (χ3n) is 7.98. The molecular weight excluding hydrogens is 627 g/mol. The Kier molecular flexibility index (Phi) is 7.89. The van der Waals surface area contributed by atoms with Gasteiger partial charge in [-0.3, -0.25) is 24.1 Å². The van der Waals surface area contributed by atoms with E-state index < -0.39 is 6.04 Å². The summed E-state index contributed by atoms with van der Waals surface area (Å²) in [5.74, 6) is -0.372. The van der Waals surface area contributed by atoms with Crippen LogP contribution in [0, 0.1) is 5.92 Å². The highest BCUT2D eigenvalue weighted by atomic mass is 35.5. The molecule has 46 heavy (non-hydrogen) atoms. The van der Waals surface area contributed by atoms with Crippen molar-refractivity contribution >= 4 is 34.8 Å². The number of anilines is 1. The molecule has 6 aromatic rings. The average Bonchev–Trinajstić information content (AvgIpc) is 3.69. The third-order valence-corrected chi connectivity index (χ3v) is 8.38. The van der Waals surface area contributed by atoms with Crippen molar-refractivity contribution in [3.05, 3.63) is 112 Å². The molecule has 0 unspecified atom stereocenters. The highest BCUT2D eigenvalue weighted by Crippen LogP contribution is 2.33. The Morgan fingerprint density at radius 1 is 0.913 bits per heavy atom. The standard InChI is InChI=1S/C32H26Cl2N10O2/c1-19-3-2-4-28(42-18-37-24(15-30(42)45)23-14-21(33)5-6-27(23)44-17-29(34)39-41-44)25-13-20(7-12-36-25)31-26(38-32(19)46)16-43(40-31)22-8-10-35-11-9-22/h5-19,28H,2-4H2,1H3,(H,38,46)/t19-,28+/m1/s1. The van der Waals surface area contributed by atoms with Gasteiger partial charge < -0.3 is 5.32 Å². The van der Waals surface area contributed by atoms with Crippen molar-refractivity contribution in [2.24, 2.45) is 5.92 Å². The lowest BCUT2D eigenvalue weighted by atomic mass is 9.97. The molecule has 7 rings (SSSR count). The molecule has 12 nitrogen and oxygen atoms in total. The van der Waals surface area contributed by atoms with Crippen LogP contribution in [0.5, 0.6) is 0 Å². The van der Waals surface area contributed by atoms with Crippen LogP contribution < -0.4 is 10.9 Å². The lowest BCUT2D eigenvalue weighted by molar-refractivity contribution is -0.119. The van der Waals surface area contributed by atoms with Crippen LogP contribution in [0.2, 0.25) is 10.2 Å². The van der Waals surface area contributed by atoms with Crippen LogP contribution in [0.3, 0.4) is 0 Å². The van der Waals surface area contributed by atoms with Gasteiger partial charge in [0.2, 0.25) is 5.91 Å². The zero-order chi connectivity index (χ0) is 31.8. The molecule has 0 radical (unpaired) electrons. The number of halogens is 2. The van der Waals surface area contributed by atoms with Gasteiger partial charge in [0.15, 0.2) is 5.15 Å². The quantitative estimate of drug-likeness (QED) is 0.253. The molecule has 14 heteroatoms. The van der Waals surface area contributed by atoms with Gasteiger partial charge >= 0.3 is 0 Å². The molecular formula is C32H26Cl2N10O2. The first-order chi connectivity index (χ1) is 22.3. The molecule has 1 N–H and O–H groups in total. The van der Waals surface area contributed by atoms with Crippen molar-refractivity contribution < 1.29 is 4.79 Å². The van der Waals surface area contributed by atoms with Crippen LogP contribution in [0.1, 0.15) is 37.9 Å². The predicted molar refractivity (Wildman–Crippen MR) is 173 cm³/mol. The summed E-state index contributed by atoms with van der Waals surface area (Å²) < 4.78 is 4.79. The van der Waals surface area contributed by atoms with E-state index in [0.29, 0.717) is 58.3 Å². The van der Waals surface area contributed by atoms with Gasteiger partial charge in [0.1, 0.15) is 5.69 Å². The summed E-state index contributed by atoms with van der Waals surface area (Å²) in [4.78, 5) is 40.5. The highest BCUT2D eigenvalue weighted by molar-refractivity contribution is 6.31. The Hall–Kier alpha value is -5.20. The van der Waals surface area contributed by atoms with Gasteiger partial charge in [-0.25, -0.2) is 14.3 Å². The molecule has 1 amide bonds. The number of aromatic nitrogens is 9. The van der Waals surface area contributed by atoms with E-state index >= 15 is 0 Å². The zero-order valence-electron chi connectivity index (χ0n) is 24.5. The smallest absolute Gasteiger partial charge is 0.254 e. The first-order valence-electron chi connectivity index (χ1n) is 14.6. The van der Waals surface area contributed by atoms with Gasteiger partial charge in [0, 0.05) is 46.7 Å². The summed E-state index contributed by atoms with van der Waals surface area (Å²) in [5, 5.41) is 16.5. The Balaban J connectivity index is 1.31. The van der Waals surface area contributed by atoms with Crippen LogP contribution >= 0.6 is 23.2 Å². The van der Waals surface area contributed by atoms with E-state index in [-0.39, 0.29) is 22.5 Å². The van der Waals surface area contributed by atoms with E-state index in [0.717, 1.165) is 11.3 Å². The number of nitrogens with zero attached hydrogens (tertiary/aromatic N) is 9. The average molecular weight is 654 g/mol. The van der Waals surface area contributed by atoms with Crippen molar-refractivity contribution in [1.82, 2.24) is 44.3 Å².